The summed E-state index contributed by atoms with van der Waals surface area (Å²) in [6.07, 6.45) is 1.01. The second-order valence-electron chi connectivity index (χ2n) is 5.96. The highest BCUT2D eigenvalue weighted by molar-refractivity contribution is 8.00. The van der Waals surface area contributed by atoms with E-state index in [1.807, 2.05) is 18.2 Å². The third-order valence-electron chi connectivity index (χ3n) is 3.24. The topological polar surface area (TPSA) is 35.2 Å². The summed E-state index contributed by atoms with van der Waals surface area (Å²) in [4.78, 5) is 1.04. The molecule has 0 aliphatic carbocycles. The van der Waals surface area contributed by atoms with E-state index in [2.05, 4.69) is 27.7 Å². The van der Waals surface area contributed by atoms with Gasteiger partial charge in [0, 0.05) is 20.9 Å². The molecule has 18 heavy (non-hydrogen) atoms. The van der Waals surface area contributed by atoms with Gasteiger partial charge in [0.05, 0.1) is 11.2 Å². The first kappa shape index (κ1) is 14.0. The molecule has 0 spiro atoms. The standard InChI is InChI=1S/C14H20ClNOS/c1-13(2)8-12(14(3,4)17-13)18-11-7-9(15)5-6-10(11)16/h5-7,12H,8,16H2,1-4H3. The molecule has 1 aromatic rings. The van der Waals surface area contributed by atoms with Gasteiger partial charge in [-0.15, -0.1) is 11.8 Å². The highest BCUT2D eigenvalue weighted by Crippen LogP contribution is 2.47. The van der Waals surface area contributed by atoms with E-state index >= 15 is 0 Å². The molecule has 2 N–H and O–H groups in total. The number of ether oxygens (including phenoxy) is 1. The zero-order valence-electron chi connectivity index (χ0n) is 11.3. The Hall–Kier alpha value is -0.380. The molecule has 100 valence electrons. The van der Waals surface area contributed by atoms with Crippen molar-refractivity contribution >= 4 is 29.1 Å². The molecule has 1 aliphatic heterocycles. The van der Waals surface area contributed by atoms with Crippen LogP contribution in [0.5, 0.6) is 0 Å². The molecular formula is C14H20ClNOS. The van der Waals surface area contributed by atoms with Crippen LogP contribution in [0.1, 0.15) is 34.1 Å². The smallest absolute Gasteiger partial charge is 0.0756 e. The lowest BCUT2D eigenvalue weighted by Crippen LogP contribution is -2.30. The molecule has 1 aliphatic rings. The fourth-order valence-corrected chi connectivity index (χ4v) is 4.22. The maximum atomic E-state index is 6.10. The number of halogens is 1. The van der Waals surface area contributed by atoms with Crippen LogP contribution in [-0.2, 0) is 4.74 Å². The molecule has 2 rings (SSSR count). The normalized spacial score (nSPS) is 25.3. The number of hydrogen-bond donors (Lipinski definition) is 1. The number of nitrogen functional groups attached to an aromatic ring is 1. The first-order valence-corrected chi connectivity index (χ1v) is 7.37. The molecule has 2 nitrogen and oxygen atoms in total. The summed E-state index contributed by atoms with van der Waals surface area (Å²) in [5.41, 5.74) is 6.56. The van der Waals surface area contributed by atoms with E-state index in [0.29, 0.717) is 5.25 Å². The first-order chi connectivity index (χ1) is 8.20. The zero-order valence-corrected chi connectivity index (χ0v) is 12.9. The fraction of sp³-hybridized carbons (Fsp3) is 0.571. The molecular weight excluding hydrogens is 266 g/mol. The van der Waals surface area contributed by atoms with Crippen LogP contribution in [0.15, 0.2) is 23.1 Å². The summed E-state index contributed by atoms with van der Waals surface area (Å²) >= 11 is 7.80. The number of anilines is 1. The highest BCUT2D eigenvalue weighted by atomic mass is 35.5. The Labute approximate surface area is 118 Å². The minimum atomic E-state index is -0.150. The van der Waals surface area contributed by atoms with Crippen molar-refractivity contribution < 1.29 is 4.74 Å². The second kappa shape index (κ2) is 4.62. The molecule has 0 bridgehead atoms. The van der Waals surface area contributed by atoms with Gasteiger partial charge in [-0.05, 0) is 52.3 Å². The van der Waals surface area contributed by atoms with Gasteiger partial charge in [0.1, 0.15) is 0 Å². The molecule has 4 heteroatoms. The van der Waals surface area contributed by atoms with Gasteiger partial charge in [-0.25, -0.2) is 0 Å². The molecule has 0 radical (unpaired) electrons. The lowest BCUT2D eigenvalue weighted by Gasteiger charge is -2.27. The van der Waals surface area contributed by atoms with Crippen LogP contribution < -0.4 is 5.73 Å². The van der Waals surface area contributed by atoms with Gasteiger partial charge in [-0.1, -0.05) is 11.6 Å². The summed E-state index contributed by atoms with van der Waals surface area (Å²) in [7, 11) is 0. The molecule has 0 saturated carbocycles. The Bertz CT molecular complexity index is 459. The van der Waals surface area contributed by atoms with E-state index in [9.17, 15) is 0 Å². The predicted molar refractivity (Wildman–Crippen MR) is 79.4 cm³/mol. The molecule has 1 saturated heterocycles. The summed E-state index contributed by atoms with van der Waals surface area (Å²) < 4.78 is 6.10. The number of benzene rings is 1. The summed E-state index contributed by atoms with van der Waals surface area (Å²) in [6, 6.07) is 5.61. The minimum absolute atomic E-state index is 0.0749. The van der Waals surface area contributed by atoms with E-state index in [1.54, 1.807) is 11.8 Å². The van der Waals surface area contributed by atoms with Crippen molar-refractivity contribution in [2.45, 2.75) is 55.5 Å². The number of rotatable bonds is 2. The lowest BCUT2D eigenvalue weighted by molar-refractivity contribution is -0.0631. The van der Waals surface area contributed by atoms with E-state index in [4.69, 9.17) is 22.1 Å². The van der Waals surface area contributed by atoms with Crippen LogP contribution in [0.2, 0.25) is 5.02 Å². The fourth-order valence-electron chi connectivity index (χ4n) is 2.46. The van der Waals surface area contributed by atoms with Gasteiger partial charge in [0.15, 0.2) is 0 Å². The third-order valence-corrected chi connectivity index (χ3v) is 5.10. The average molecular weight is 286 g/mol. The molecule has 1 fully saturated rings. The van der Waals surface area contributed by atoms with Gasteiger partial charge in [-0.2, -0.15) is 0 Å². The second-order valence-corrected chi connectivity index (χ2v) is 7.64. The maximum Gasteiger partial charge on any atom is 0.0756 e. The largest absolute Gasteiger partial charge is 0.398 e. The van der Waals surface area contributed by atoms with Crippen molar-refractivity contribution in [3.8, 4) is 0 Å². The third kappa shape index (κ3) is 2.95. The first-order valence-electron chi connectivity index (χ1n) is 6.11. The Morgan fingerprint density at radius 2 is 2.00 bits per heavy atom. The summed E-state index contributed by atoms with van der Waals surface area (Å²) in [5.74, 6) is 0. The predicted octanol–water partition coefficient (Wildman–Crippen LogP) is 4.36. The van der Waals surface area contributed by atoms with Crippen molar-refractivity contribution in [2.24, 2.45) is 0 Å². The van der Waals surface area contributed by atoms with E-state index < -0.39 is 0 Å². The van der Waals surface area contributed by atoms with E-state index in [-0.39, 0.29) is 11.2 Å². The quantitative estimate of drug-likeness (QED) is 0.820. The van der Waals surface area contributed by atoms with Gasteiger partial charge in [-0.3, -0.25) is 0 Å². The minimum Gasteiger partial charge on any atom is -0.398 e. The Morgan fingerprint density at radius 3 is 2.56 bits per heavy atom. The van der Waals surface area contributed by atoms with Crippen molar-refractivity contribution in [2.75, 3.05) is 5.73 Å². The van der Waals surface area contributed by atoms with Crippen molar-refractivity contribution in [3.05, 3.63) is 23.2 Å². The molecule has 1 aromatic carbocycles. The van der Waals surface area contributed by atoms with Crippen molar-refractivity contribution in [3.63, 3.8) is 0 Å². The molecule has 0 aromatic heterocycles. The van der Waals surface area contributed by atoms with Crippen LogP contribution in [0.3, 0.4) is 0 Å². The van der Waals surface area contributed by atoms with Crippen LogP contribution in [-0.4, -0.2) is 16.5 Å². The maximum absolute atomic E-state index is 6.10. The Morgan fingerprint density at radius 1 is 1.33 bits per heavy atom. The van der Waals surface area contributed by atoms with Gasteiger partial charge in [0.2, 0.25) is 0 Å². The molecule has 0 amide bonds. The van der Waals surface area contributed by atoms with Crippen LogP contribution in [0, 0.1) is 0 Å². The highest BCUT2D eigenvalue weighted by Gasteiger charge is 2.46. The molecule has 1 atom stereocenters. The summed E-state index contributed by atoms with van der Waals surface area (Å²) in [6.45, 7) is 8.55. The van der Waals surface area contributed by atoms with Gasteiger partial charge < -0.3 is 10.5 Å². The number of thioether (sulfide) groups is 1. The van der Waals surface area contributed by atoms with E-state index in [0.717, 1.165) is 22.0 Å². The lowest BCUT2D eigenvalue weighted by atomic mass is 10.0. The summed E-state index contributed by atoms with van der Waals surface area (Å²) in [5, 5.41) is 1.11. The molecule has 1 heterocycles. The van der Waals surface area contributed by atoms with Gasteiger partial charge >= 0.3 is 0 Å². The Balaban J connectivity index is 2.21. The van der Waals surface area contributed by atoms with Crippen molar-refractivity contribution in [1.82, 2.24) is 0 Å². The van der Waals surface area contributed by atoms with Crippen LogP contribution in [0.4, 0.5) is 5.69 Å². The average Bonchev–Trinajstić information content (AvgIpc) is 2.40. The number of hydrogen-bond acceptors (Lipinski definition) is 3. The van der Waals surface area contributed by atoms with Gasteiger partial charge in [0.25, 0.3) is 0 Å². The monoisotopic (exact) mass is 285 g/mol. The van der Waals surface area contributed by atoms with Crippen LogP contribution >= 0.6 is 23.4 Å². The van der Waals surface area contributed by atoms with Crippen molar-refractivity contribution in [1.29, 1.82) is 0 Å². The Kier molecular flexibility index (Phi) is 3.60. The molecule has 1 unspecified atom stereocenters. The van der Waals surface area contributed by atoms with Crippen LogP contribution in [0.25, 0.3) is 0 Å². The van der Waals surface area contributed by atoms with E-state index in [1.165, 1.54) is 0 Å². The zero-order chi connectivity index (χ0) is 13.6. The number of nitrogens with two attached hydrogens (primary N) is 1. The SMILES string of the molecule is CC1(C)CC(Sc2cc(Cl)ccc2N)C(C)(C)O1.